The van der Waals surface area contributed by atoms with Crippen LogP contribution in [0.3, 0.4) is 0 Å². The van der Waals surface area contributed by atoms with Crippen LogP contribution in [-0.2, 0) is 27.7 Å². The molecule has 1 aliphatic heterocycles. The van der Waals surface area contributed by atoms with Crippen LogP contribution < -0.4 is 14.2 Å². The number of rotatable bonds is 6. The molecule has 138 valence electrons. The molecule has 1 heterocycles. The molecule has 0 atom stereocenters. The lowest BCUT2D eigenvalue weighted by molar-refractivity contribution is -0.119. The first-order valence-corrected chi connectivity index (χ1v) is 9.99. The van der Waals surface area contributed by atoms with E-state index in [9.17, 15) is 13.2 Å². The van der Waals surface area contributed by atoms with Crippen LogP contribution in [0, 0.1) is 0 Å². The van der Waals surface area contributed by atoms with E-state index < -0.39 is 15.9 Å². The van der Waals surface area contributed by atoms with Crippen LogP contribution in [0.15, 0.2) is 47.4 Å². The summed E-state index contributed by atoms with van der Waals surface area (Å²) < 4.78 is 37.7. The van der Waals surface area contributed by atoms with Crippen LogP contribution in [-0.4, -0.2) is 27.5 Å². The topological polar surface area (TPSA) is 81.7 Å². The predicted molar refractivity (Wildman–Crippen MR) is 96.9 cm³/mol. The summed E-state index contributed by atoms with van der Waals surface area (Å²) in [5.74, 6) is 0.319. The van der Waals surface area contributed by atoms with E-state index in [1.807, 2.05) is 24.3 Å². The average Bonchev–Trinajstić information content (AvgIpc) is 2.66. The molecule has 0 aromatic heterocycles. The minimum absolute atomic E-state index is 0.0256. The van der Waals surface area contributed by atoms with E-state index in [2.05, 4.69) is 11.6 Å². The number of ether oxygens (including phenoxy) is 2. The van der Waals surface area contributed by atoms with Gasteiger partial charge in [-0.25, -0.2) is 13.1 Å². The zero-order chi connectivity index (χ0) is 18.6. The van der Waals surface area contributed by atoms with Gasteiger partial charge in [0.2, 0.25) is 5.91 Å². The van der Waals surface area contributed by atoms with Crippen molar-refractivity contribution in [3.8, 4) is 11.5 Å². The molecule has 0 bridgehead atoms. The Bertz CT molecular complexity index is 891. The molecule has 0 radical (unpaired) electrons. The molecule has 0 fully saturated rings. The number of fused-ring (bicyclic) bond motifs is 1. The number of carbonyl (C=O) groups excluding carboxylic acids is 1. The van der Waals surface area contributed by atoms with Gasteiger partial charge in [0.25, 0.3) is 10.0 Å². The quantitative estimate of drug-likeness (QED) is 0.839. The molecular formula is C19H21NO5S. The standard InChI is InChI=1S/C19H21NO5S/c1-2-14-3-5-15(6-4-14)7-10-19(21)20-26(22,23)16-8-9-17-18(13-16)25-12-11-24-17/h3-6,8-9,13H,2,7,10-12H2,1H3,(H,20,21). The van der Waals surface area contributed by atoms with Crippen molar-refractivity contribution in [1.29, 1.82) is 0 Å². The Balaban J connectivity index is 1.62. The van der Waals surface area contributed by atoms with E-state index in [-0.39, 0.29) is 11.3 Å². The summed E-state index contributed by atoms with van der Waals surface area (Å²) in [4.78, 5) is 12.0. The predicted octanol–water partition coefficient (Wildman–Crippen LogP) is 2.46. The highest BCUT2D eigenvalue weighted by atomic mass is 32.2. The van der Waals surface area contributed by atoms with E-state index in [4.69, 9.17) is 9.47 Å². The average molecular weight is 375 g/mol. The first-order chi connectivity index (χ1) is 12.5. The lowest BCUT2D eigenvalue weighted by atomic mass is 10.1. The molecule has 0 aliphatic carbocycles. The Morgan fingerprint density at radius 1 is 1.00 bits per heavy atom. The first-order valence-electron chi connectivity index (χ1n) is 8.51. The summed E-state index contributed by atoms with van der Waals surface area (Å²) >= 11 is 0. The number of hydrogen-bond acceptors (Lipinski definition) is 5. The van der Waals surface area contributed by atoms with Crippen LogP contribution in [0.4, 0.5) is 0 Å². The van der Waals surface area contributed by atoms with E-state index in [1.54, 1.807) is 0 Å². The Morgan fingerprint density at radius 2 is 1.65 bits per heavy atom. The molecule has 26 heavy (non-hydrogen) atoms. The van der Waals surface area contributed by atoms with Gasteiger partial charge < -0.3 is 9.47 Å². The fourth-order valence-corrected chi connectivity index (χ4v) is 3.68. The second-order valence-electron chi connectivity index (χ2n) is 6.00. The van der Waals surface area contributed by atoms with E-state index in [1.165, 1.54) is 23.8 Å². The fourth-order valence-electron chi connectivity index (χ4n) is 2.65. The molecule has 3 rings (SSSR count). The molecule has 2 aromatic rings. The van der Waals surface area contributed by atoms with Crippen LogP contribution in [0.25, 0.3) is 0 Å². The van der Waals surface area contributed by atoms with Gasteiger partial charge in [-0.05, 0) is 36.1 Å². The molecule has 0 spiro atoms. The van der Waals surface area contributed by atoms with Crippen molar-refractivity contribution in [2.45, 2.75) is 31.1 Å². The molecule has 1 amide bonds. The Kier molecular flexibility index (Phi) is 5.46. The number of sulfonamides is 1. The zero-order valence-corrected chi connectivity index (χ0v) is 15.3. The molecular weight excluding hydrogens is 354 g/mol. The Labute approximate surface area is 153 Å². The highest BCUT2D eigenvalue weighted by Gasteiger charge is 2.21. The van der Waals surface area contributed by atoms with Crippen molar-refractivity contribution in [1.82, 2.24) is 4.72 Å². The maximum Gasteiger partial charge on any atom is 0.264 e. The zero-order valence-electron chi connectivity index (χ0n) is 14.5. The highest BCUT2D eigenvalue weighted by Crippen LogP contribution is 2.32. The smallest absolute Gasteiger partial charge is 0.264 e. The third-order valence-corrected chi connectivity index (χ3v) is 5.52. The van der Waals surface area contributed by atoms with Crippen LogP contribution in [0.2, 0.25) is 0 Å². The third-order valence-electron chi connectivity index (χ3n) is 4.14. The van der Waals surface area contributed by atoms with Gasteiger partial charge >= 0.3 is 0 Å². The Morgan fingerprint density at radius 3 is 2.35 bits per heavy atom. The lowest BCUT2D eigenvalue weighted by Gasteiger charge is -2.18. The minimum atomic E-state index is -3.94. The maximum atomic E-state index is 12.4. The van der Waals surface area contributed by atoms with Crippen LogP contribution in [0.1, 0.15) is 24.5 Å². The number of hydrogen-bond donors (Lipinski definition) is 1. The van der Waals surface area contributed by atoms with Crippen LogP contribution in [0.5, 0.6) is 11.5 Å². The van der Waals surface area contributed by atoms with Gasteiger partial charge in [0.05, 0.1) is 4.90 Å². The van der Waals surface area contributed by atoms with Gasteiger partial charge in [0, 0.05) is 12.5 Å². The van der Waals surface area contributed by atoms with Crippen molar-refractivity contribution in [2.75, 3.05) is 13.2 Å². The van der Waals surface area contributed by atoms with Crippen molar-refractivity contribution < 1.29 is 22.7 Å². The summed E-state index contributed by atoms with van der Waals surface area (Å²) in [6.45, 7) is 2.86. The second-order valence-corrected chi connectivity index (χ2v) is 7.69. The van der Waals surface area contributed by atoms with Gasteiger partial charge in [-0.1, -0.05) is 31.2 Å². The third kappa shape index (κ3) is 4.35. The van der Waals surface area contributed by atoms with Gasteiger partial charge in [-0.2, -0.15) is 0 Å². The van der Waals surface area contributed by atoms with Gasteiger partial charge in [-0.3, -0.25) is 4.79 Å². The number of benzene rings is 2. The van der Waals surface area contributed by atoms with Gasteiger partial charge in [0.15, 0.2) is 11.5 Å². The number of amides is 1. The summed E-state index contributed by atoms with van der Waals surface area (Å²) in [5, 5.41) is 0. The van der Waals surface area contributed by atoms with E-state index >= 15 is 0 Å². The largest absolute Gasteiger partial charge is 0.486 e. The molecule has 0 saturated heterocycles. The normalized spacial score (nSPS) is 13.3. The molecule has 0 unspecified atom stereocenters. The summed E-state index contributed by atoms with van der Waals surface area (Å²) in [5.41, 5.74) is 2.22. The highest BCUT2D eigenvalue weighted by molar-refractivity contribution is 7.90. The van der Waals surface area contributed by atoms with Crippen molar-refractivity contribution in [3.63, 3.8) is 0 Å². The van der Waals surface area contributed by atoms with Crippen LogP contribution >= 0.6 is 0 Å². The maximum absolute atomic E-state index is 12.4. The molecule has 0 saturated carbocycles. The number of nitrogens with one attached hydrogen (secondary N) is 1. The SMILES string of the molecule is CCc1ccc(CCC(=O)NS(=O)(=O)c2ccc3c(c2)OCCO3)cc1. The van der Waals surface area contributed by atoms with Crippen molar-refractivity contribution in [2.24, 2.45) is 0 Å². The molecule has 1 N–H and O–H groups in total. The van der Waals surface area contributed by atoms with Gasteiger partial charge in [0.1, 0.15) is 13.2 Å². The summed E-state index contributed by atoms with van der Waals surface area (Å²) in [7, 11) is -3.94. The Hall–Kier alpha value is -2.54. The second kappa shape index (κ2) is 7.78. The molecule has 2 aromatic carbocycles. The minimum Gasteiger partial charge on any atom is -0.486 e. The number of aryl methyl sites for hydroxylation is 2. The van der Waals surface area contributed by atoms with Gasteiger partial charge in [-0.15, -0.1) is 0 Å². The summed E-state index contributed by atoms with van der Waals surface area (Å²) in [6, 6.07) is 12.2. The summed E-state index contributed by atoms with van der Waals surface area (Å²) in [6.07, 6.45) is 1.52. The monoisotopic (exact) mass is 375 g/mol. The molecule has 7 heteroatoms. The van der Waals surface area contributed by atoms with Crippen molar-refractivity contribution in [3.05, 3.63) is 53.6 Å². The number of carbonyl (C=O) groups is 1. The fraction of sp³-hybridized carbons (Fsp3) is 0.316. The first kappa shape index (κ1) is 18.3. The molecule has 1 aliphatic rings. The lowest BCUT2D eigenvalue weighted by Crippen LogP contribution is -2.30. The van der Waals surface area contributed by atoms with E-state index in [0.717, 1.165) is 12.0 Å². The van der Waals surface area contributed by atoms with Crippen molar-refractivity contribution >= 4 is 15.9 Å². The molecule has 6 nitrogen and oxygen atoms in total. The van der Waals surface area contributed by atoms with E-state index in [0.29, 0.717) is 31.1 Å².